The lowest BCUT2D eigenvalue weighted by molar-refractivity contribution is 0.0697. The predicted molar refractivity (Wildman–Crippen MR) is 107 cm³/mol. The van der Waals surface area contributed by atoms with E-state index >= 15 is 0 Å². The van der Waals surface area contributed by atoms with Gasteiger partial charge in [-0.15, -0.1) is 11.3 Å². The molecule has 0 radical (unpaired) electrons. The molecule has 0 unspecified atom stereocenters. The molecule has 1 aromatic carbocycles. The first-order valence-corrected chi connectivity index (χ1v) is 9.23. The summed E-state index contributed by atoms with van der Waals surface area (Å²) >= 11 is 7.43. The Hall–Kier alpha value is -2.90. The number of carbonyl (C=O) groups excluding carboxylic acids is 1. The van der Waals surface area contributed by atoms with Gasteiger partial charge in [-0.2, -0.15) is 5.10 Å². The van der Waals surface area contributed by atoms with Crippen LogP contribution in [0.15, 0.2) is 46.9 Å². The summed E-state index contributed by atoms with van der Waals surface area (Å²) < 4.78 is 1.94. The summed E-state index contributed by atoms with van der Waals surface area (Å²) in [5.74, 6) is -1.33. The number of amides is 1. The molecule has 1 amide bonds. The molecule has 2 heterocycles. The van der Waals surface area contributed by atoms with Gasteiger partial charge in [-0.1, -0.05) is 17.7 Å². The molecule has 0 aliphatic rings. The fourth-order valence-corrected chi connectivity index (χ4v) is 3.62. The van der Waals surface area contributed by atoms with Crippen molar-refractivity contribution in [2.75, 3.05) is 0 Å². The number of carboxylic acids is 1. The first-order valence-electron chi connectivity index (χ1n) is 7.97. The van der Waals surface area contributed by atoms with Crippen LogP contribution in [0.1, 0.15) is 37.0 Å². The molecule has 0 saturated carbocycles. The zero-order valence-corrected chi connectivity index (χ0v) is 16.1. The molecule has 0 saturated heterocycles. The summed E-state index contributed by atoms with van der Waals surface area (Å²) in [6.45, 7) is 3.84. The number of benzene rings is 1. The lowest BCUT2D eigenvalue weighted by Gasteiger charge is -2.11. The van der Waals surface area contributed by atoms with Crippen LogP contribution in [0.5, 0.6) is 0 Å². The average molecular weight is 402 g/mol. The Morgan fingerprint density at radius 1 is 1.26 bits per heavy atom. The standard InChI is InChI=1S/C19H16ClN3O3S/c1-11-8-13(10-21-22-18(24)17-4-3-7-27-17)12(2)23(11)14-5-6-15(19(25)26)16(20)9-14/h3-10H,1-2H3,(H,22,24)(H,25,26)/b21-10+. The first kappa shape index (κ1) is 18.9. The van der Waals surface area contributed by atoms with Crippen LogP contribution in [0.25, 0.3) is 5.69 Å². The molecule has 0 fully saturated rings. The topological polar surface area (TPSA) is 83.7 Å². The van der Waals surface area contributed by atoms with Crippen LogP contribution in [0.2, 0.25) is 5.02 Å². The second-order valence-electron chi connectivity index (χ2n) is 5.81. The number of nitrogens with one attached hydrogen (secondary N) is 1. The number of aromatic nitrogens is 1. The van der Waals surface area contributed by atoms with E-state index < -0.39 is 5.97 Å². The predicted octanol–water partition coefficient (Wildman–Crippen LogP) is 4.27. The molecule has 3 rings (SSSR count). The van der Waals surface area contributed by atoms with Crippen molar-refractivity contribution in [2.24, 2.45) is 5.10 Å². The first-order chi connectivity index (χ1) is 12.9. The summed E-state index contributed by atoms with van der Waals surface area (Å²) in [5.41, 5.74) is 5.96. The number of carboxylic acid groups (broad SMARTS) is 1. The number of rotatable bonds is 5. The van der Waals surface area contributed by atoms with Crippen LogP contribution in [-0.2, 0) is 0 Å². The van der Waals surface area contributed by atoms with Gasteiger partial charge in [0.05, 0.1) is 21.7 Å². The van der Waals surface area contributed by atoms with Crippen molar-refractivity contribution in [1.82, 2.24) is 9.99 Å². The highest BCUT2D eigenvalue weighted by molar-refractivity contribution is 7.12. The molecule has 3 aromatic rings. The molecule has 138 valence electrons. The Morgan fingerprint density at radius 3 is 2.67 bits per heavy atom. The van der Waals surface area contributed by atoms with Crippen molar-refractivity contribution in [3.8, 4) is 5.69 Å². The van der Waals surface area contributed by atoms with Gasteiger partial charge in [0.25, 0.3) is 5.91 Å². The summed E-state index contributed by atoms with van der Waals surface area (Å²) in [4.78, 5) is 23.6. The van der Waals surface area contributed by atoms with Crippen LogP contribution in [0.4, 0.5) is 0 Å². The Bertz CT molecular complexity index is 1040. The zero-order valence-electron chi connectivity index (χ0n) is 14.6. The summed E-state index contributed by atoms with van der Waals surface area (Å²) in [6, 6.07) is 10.3. The third-order valence-corrected chi connectivity index (χ3v) is 5.21. The van der Waals surface area contributed by atoms with Gasteiger partial charge >= 0.3 is 5.97 Å². The second-order valence-corrected chi connectivity index (χ2v) is 7.16. The van der Waals surface area contributed by atoms with Gasteiger partial charge in [0, 0.05) is 22.6 Å². The van der Waals surface area contributed by atoms with Gasteiger partial charge < -0.3 is 9.67 Å². The molecule has 6 nitrogen and oxygen atoms in total. The van der Waals surface area contributed by atoms with E-state index in [4.69, 9.17) is 16.7 Å². The van der Waals surface area contributed by atoms with Gasteiger partial charge in [0.15, 0.2) is 0 Å². The highest BCUT2D eigenvalue weighted by Gasteiger charge is 2.13. The minimum absolute atomic E-state index is 0.0564. The van der Waals surface area contributed by atoms with Gasteiger partial charge in [0.1, 0.15) is 0 Å². The van der Waals surface area contributed by atoms with E-state index in [0.717, 1.165) is 22.6 Å². The van der Waals surface area contributed by atoms with Gasteiger partial charge in [-0.05, 0) is 49.6 Å². The monoisotopic (exact) mass is 401 g/mol. The van der Waals surface area contributed by atoms with E-state index in [0.29, 0.717) is 4.88 Å². The quantitative estimate of drug-likeness (QED) is 0.494. The molecular formula is C19H16ClN3O3S. The molecule has 0 bridgehead atoms. The smallest absolute Gasteiger partial charge is 0.337 e. The summed E-state index contributed by atoms with van der Waals surface area (Å²) in [5, 5.41) is 15.1. The highest BCUT2D eigenvalue weighted by Crippen LogP contribution is 2.25. The third-order valence-electron chi connectivity index (χ3n) is 4.03. The Kier molecular flexibility index (Phi) is 5.43. The Labute approximate surface area is 164 Å². The Morgan fingerprint density at radius 2 is 2.04 bits per heavy atom. The molecule has 8 heteroatoms. The minimum Gasteiger partial charge on any atom is -0.478 e. The lowest BCUT2D eigenvalue weighted by Crippen LogP contribution is -2.16. The maximum Gasteiger partial charge on any atom is 0.337 e. The number of nitrogens with zero attached hydrogens (tertiary/aromatic N) is 2. The zero-order chi connectivity index (χ0) is 19.6. The minimum atomic E-state index is -1.07. The van der Waals surface area contributed by atoms with E-state index in [2.05, 4.69) is 10.5 Å². The number of hydrogen-bond donors (Lipinski definition) is 2. The summed E-state index contributed by atoms with van der Waals surface area (Å²) in [7, 11) is 0. The fourth-order valence-electron chi connectivity index (χ4n) is 2.76. The van der Waals surface area contributed by atoms with Gasteiger partial charge in [-0.25, -0.2) is 10.2 Å². The van der Waals surface area contributed by atoms with Crippen LogP contribution < -0.4 is 5.43 Å². The molecule has 0 atom stereocenters. The Balaban J connectivity index is 1.84. The number of thiophene rings is 1. The molecule has 0 spiro atoms. The normalized spacial score (nSPS) is 11.1. The maximum atomic E-state index is 11.9. The van der Waals surface area contributed by atoms with E-state index in [-0.39, 0.29) is 16.5 Å². The average Bonchev–Trinajstić information content (AvgIpc) is 3.23. The van der Waals surface area contributed by atoms with Crippen LogP contribution in [0, 0.1) is 13.8 Å². The van der Waals surface area contributed by atoms with Crippen molar-refractivity contribution < 1.29 is 14.7 Å². The van der Waals surface area contributed by atoms with E-state index in [1.165, 1.54) is 17.4 Å². The third kappa shape index (κ3) is 3.94. The number of aromatic carboxylic acids is 1. The molecule has 0 aliphatic carbocycles. The maximum absolute atomic E-state index is 11.9. The number of hydrogen-bond acceptors (Lipinski definition) is 4. The summed E-state index contributed by atoms with van der Waals surface area (Å²) in [6.07, 6.45) is 1.58. The molecule has 27 heavy (non-hydrogen) atoms. The molecular weight excluding hydrogens is 386 g/mol. The van der Waals surface area contributed by atoms with E-state index in [1.54, 1.807) is 30.5 Å². The second kappa shape index (κ2) is 7.77. The van der Waals surface area contributed by atoms with Crippen LogP contribution in [0.3, 0.4) is 0 Å². The van der Waals surface area contributed by atoms with Crippen LogP contribution in [-0.4, -0.2) is 27.8 Å². The highest BCUT2D eigenvalue weighted by atomic mass is 35.5. The largest absolute Gasteiger partial charge is 0.478 e. The van der Waals surface area contributed by atoms with E-state index in [1.807, 2.05) is 29.9 Å². The van der Waals surface area contributed by atoms with Gasteiger partial charge in [-0.3, -0.25) is 4.79 Å². The number of carbonyl (C=O) groups is 2. The SMILES string of the molecule is Cc1cc(/C=N/NC(=O)c2cccs2)c(C)n1-c1ccc(C(=O)O)c(Cl)c1. The van der Waals surface area contributed by atoms with Crippen molar-refractivity contribution >= 4 is 41.0 Å². The van der Waals surface area contributed by atoms with Crippen molar-refractivity contribution in [2.45, 2.75) is 13.8 Å². The van der Waals surface area contributed by atoms with Crippen LogP contribution >= 0.6 is 22.9 Å². The fraction of sp³-hybridized carbons (Fsp3) is 0.105. The van der Waals surface area contributed by atoms with Crippen molar-refractivity contribution in [3.63, 3.8) is 0 Å². The van der Waals surface area contributed by atoms with Crippen molar-refractivity contribution in [1.29, 1.82) is 0 Å². The van der Waals surface area contributed by atoms with E-state index in [9.17, 15) is 9.59 Å². The lowest BCUT2D eigenvalue weighted by atomic mass is 10.2. The van der Waals surface area contributed by atoms with Gasteiger partial charge in [0.2, 0.25) is 0 Å². The molecule has 0 aliphatic heterocycles. The van der Waals surface area contributed by atoms with Crippen molar-refractivity contribution in [3.05, 3.63) is 74.2 Å². The molecule has 2 N–H and O–H groups in total. The molecule has 2 aromatic heterocycles. The number of hydrazone groups is 1. The number of aryl methyl sites for hydroxylation is 1. The number of halogens is 1.